The molecule has 1 aromatic carbocycles. The number of halogens is 1. The molecule has 0 aromatic heterocycles. The molecule has 0 radical (unpaired) electrons. The van der Waals surface area contributed by atoms with E-state index in [0.29, 0.717) is 37.1 Å². The Morgan fingerprint density at radius 1 is 1.25 bits per heavy atom. The number of aliphatic hydroxyl groups excluding tert-OH is 1. The lowest BCUT2D eigenvalue weighted by Gasteiger charge is -2.31. The zero-order valence-corrected chi connectivity index (χ0v) is 12.6. The van der Waals surface area contributed by atoms with Crippen molar-refractivity contribution in [2.24, 2.45) is 5.92 Å². The van der Waals surface area contributed by atoms with Gasteiger partial charge in [-0.2, -0.15) is 4.31 Å². The van der Waals surface area contributed by atoms with Crippen LogP contribution in [-0.2, 0) is 10.0 Å². The summed E-state index contributed by atoms with van der Waals surface area (Å²) in [7, 11) is -3.59. The van der Waals surface area contributed by atoms with Crippen molar-refractivity contribution in [3.8, 4) is 0 Å². The maximum atomic E-state index is 13.3. The Hall–Kier alpha value is -0.980. The molecule has 0 saturated carbocycles. The predicted molar refractivity (Wildman–Crippen MR) is 74.4 cm³/mol. The van der Waals surface area contributed by atoms with E-state index in [1.165, 1.54) is 16.4 Å². The Labute approximate surface area is 119 Å². The second-order valence-corrected chi connectivity index (χ2v) is 7.27. The molecule has 2 rings (SSSR count). The van der Waals surface area contributed by atoms with Crippen LogP contribution in [0.4, 0.5) is 4.39 Å². The van der Waals surface area contributed by atoms with Crippen LogP contribution < -0.4 is 0 Å². The van der Waals surface area contributed by atoms with E-state index in [4.69, 9.17) is 5.11 Å². The van der Waals surface area contributed by atoms with Gasteiger partial charge in [0, 0.05) is 19.7 Å². The highest BCUT2D eigenvalue weighted by Gasteiger charge is 2.31. The minimum atomic E-state index is -3.59. The third-order valence-electron chi connectivity index (χ3n) is 3.85. The molecule has 1 aromatic rings. The van der Waals surface area contributed by atoms with Gasteiger partial charge in [-0.15, -0.1) is 0 Å². The van der Waals surface area contributed by atoms with Gasteiger partial charge in [-0.1, -0.05) is 0 Å². The summed E-state index contributed by atoms with van der Waals surface area (Å²) in [5.74, 6) is -0.241. The van der Waals surface area contributed by atoms with Crippen LogP contribution in [0.1, 0.15) is 24.0 Å². The lowest BCUT2D eigenvalue weighted by Crippen LogP contribution is -2.39. The number of sulfonamides is 1. The number of aliphatic hydroxyl groups is 1. The van der Waals surface area contributed by atoms with E-state index in [0.717, 1.165) is 0 Å². The van der Waals surface area contributed by atoms with E-state index in [9.17, 15) is 12.8 Å². The van der Waals surface area contributed by atoms with Gasteiger partial charge in [-0.25, -0.2) is 12.8 Å². The largest absolute Gasteiger partial charge is 0.396 e. The van der Waals surface area contributed by atoms with Crippen molar-refractivity contribution in [3.05, 3.63) is 29.1 Å². The summed E-state index contributed by atoms with van der Waals surface area (Å²) >= 11 is 0. The van der Waals surface area contributed by atoms with Gasteiger partial charge >= 0.3 is 0 Å². The highest BCUT2D eigenvalue weighted by atomic mass is 32.2. The second kappa shape index (κ2) is 5.79. The van der Waals surface area contributed by atoms with Gasteiger partial charge in [0.15, 0.2) is 0 Å². The van der Waals surface area contributed by atoms with Crippen LogP contribution in [0.5, 0.6) is 0 Å². The summed E-state index contributed by atoms with van der Waals surface area (Å²) in [5.41, 5.74) is 0.874. The van der Waals surface area contributed by atoms with Crippen molar-refractivity contribution >= 4 is 10.0 Å². The first-order chi connectivity index (χ1) is 9.36. The first kappa shape index (κ1) is 15.4. The molecule has 1 aliphatic rings. The lowest BCUT2D eigenvalue weighted by molar-refractivity contribution is 0.170. The molecule has 4 nitrogen and oxygen atoms in total. The third kappa shape index (κ3) is 2.87. The fraction of sp³-hybridized carbons (Fsp3) is 0.571. The second-order valence-electron chi connectivity index (χ2n) is 5.40. The summed E-state index contributed by atoms with van der Waals surface area (Å²) < 4.78 is 40.1. The number of benzene rings is 1. The van der Waals surface area contributed by atoms with E-state index in [2.05, 4.69) is 0 Å². The normalized spacial score (nSPS) is 18.4. The van der Waals surface area contributed by atoms with Crippen molar-refractivity contribution in [2.45, 2.75) is 31.6 Å². The molecule has 1 heterocycles. The molecule has 1 aliphatic heterocycles. The molecule has 20 heavy (non-hydrogen) atoms. The lowest BCUT2D eigenvalue weighted by atomic mass is 10.00. The van der Waals surface area contributed by atoms with E-state index in [1.54, 1.807) is 13.8 Å². The van der Waals surface area contributed by atoms with Crippen LogP contribution in [0.15, 0.2) is 17.0 Å². The smallest absolute Gasteiger partial charge is 0.243 e. The zero-order valence-electron chi connectivity index (χ0n) is 11.8. The van der Waals surface area contributed by atoms with Gasteiger partial charge in [-0.3, -0.25) is 0 Å². The molecule has 0 bridgehead atoms. The fourth-order valence-corrected chi connectivity index (χ4v) is 4.65. The van der Waals surface area contributed by atoms with E-state index in [1.807, 2.05) is 0 Å². The standard InChI is InChI=1S/C14H20FNO3S/c1-10-7-13(15)8-11(2)14(10)20(18,19)16-5-3-12(9-17)4-6-16/h7-8,12,17H,3-6,9H2,1-2H3. The van der Waals surface area contributed by atoms with Gasteiger partial charge in [-0.05, 0) is 55.9 Å². The maximum absolute atomic E-state index is 13.3. The Morgan fingerprint density at radius 3 is 2.20 bits per heavy atom. The number of hydrogen-bond donors (Lipinski definition) is 1. The van der Waals surface area contributed by atoms with E-state index >= 15 is 0 Å². The molecule has 0 aliphatic carbocycles. The van der Waals surface area contributed by atoms with Gasteiger partial charge in [0.2, 0.25) is 10.0 Å². The number of aryl methyl sites for hydroxylation is 2. The topological polar surface area (TPSA) is 57.6 Å². The minimum absolute atomic E-state index is 0.0997. The average molecular weight is 301 g/mol. The molecular weight excluding hydrogens is 281 g/mol. The molecule has 6 heteroatoms. The number of hydrogen-bond acceptors (Lipinski definition) is 3. The quantitative estimate of drug-likeness (QED) is 0.926. The van der Waals surface area contributed by atoms with Gasteiger partial charge in [0.1, 0.15) is 5.82 Å². The van der Waals surface area contributed by atoms with Crippen molar-refractivity contribution < 1.29 is 17.9 Å². The molecule has 0 atom stereocenters. The Bertz CT molecular complexity index is 569. The fourth-order valence-electron chi connectivity index (χ4n) is 2.77. The summed E-state index contributed by atoms with van der Waals surface area (Å²) in [6.45, 7) is 4.14. The summed E-state index contributed by atoms with van der Waals surface area (Å²) in [5, 5.41) is 9.11. The first-order valence-electron chi connectivity index (χ1n) is 6.74. The molecule has 1 N–H and O–H groups in total. The Kier molecular flexibility index (Phi) is 4.46. The Balaban J connectivity index is 2.32. The van der Waals surface area contributed by atoms with Crippen LogP contribution in [0.25, 0.3) is 0 Å². The number of piperidine rings is 1. The maximum Gasteiger partial charge on any atom is 0.243 e. The monoisotopic (exact) mass is 301 g/mol. The van der Waals surface area contributed by atoms with E-state index in [-0.39, 0.29) is 17.4 Å². The highest BCUT2D eigenvalue weighted by molar-refractivity contribution is 7.89. The predicted octanol–water partition coefficient (Wildman–Crippen LogP) is 1.84. The number of nitrogens with zero attached hydrogens (tertiary/aromatic N) is 1. The van der Waals surface area contributed by atoms with Crippen molar-refractivity contribution in [3.63, 3.8) is 0 Å². The molecule has 0 unspecified atom stereocenters. The number of rotatable bonds is 3. The molecule has 1 fully saturated rings. The van der Waals surface area contributed by atoms with Gasteiger partial charge in [0.25, 0.3) is 0 Å². The first-order valence-corrected chi connectivity index (χ1v) is 8.18. The molecule has 0 amide bonds. The molecule has 0 spiro atoms. The van der Waals surface area contributed by atoms with Crippen LogP contribution >= 0.6 is 0 Å². The average Bonchev–Trinajstić information content (AvgIpc) is 2.37. The minimum Gasteiger partial charge on any atom is -0.396 e. The zero-order chi connectivity index (χ0) is 14.9. The molecular formula is C14H20FNO3S. The Morgan fingerprint density at radius 2 is 1.75 bits per heavy atom. The summed E-state index contributed by atoms with van der Waals surface area (Å²) in [4.78, 5) is 0.210. The van der Waals surface area contributed by atoms with E-state index < -0.39 is 15.8 Å². The van der Waals surface area contributed by atoms with Crippen LogP contribution in [0.2, 0.25) is 0 Å². The summed E-state index contributed by atoms with van der Waals surface area (Å²) in [6, 6.07) is 2.50. The van der Waals surface area contributed by atoms with Crippen molar-refractivity contribution in [2.75, 3.05) is 19.7 Å². The highest BCUT2D eigenvalue weighted by Crippen LogP contribution is 2.28. The van der Waals surface area contributed by atoms with Crippen LogP contribution in [0.3, 0.4) is 0 Å². The van der Waals surface area contributed by atoms with Gasteiger partial charge < -0.3 is 5.11 Å². The molecule has 112 valence electrons. The SMILES string of the molecule is Cc1cc(F)cc(C)c1S(=O)(=O)N1CCC(CO)CC1. The third-order valence-corrected chi connectivity index (χ3v) is 6.06. The van der Waals surface area contributed by atoms with Crippen molar-refractivity contribution in [1.29, 1.82) is 0 Å². The van der Waals surface area contributed by atoms with Crippen LogP contribution in [0, 0.1) is 25.6 Å². The molecule has 1 saturated heterocycles. The summed E-state index contributed by atoms with van der Waals surface area (Å²) in [6.07, 6.45) is 1.32. The van der Waals surface area contributed by atoms with Gasteiger partial charge in [0.05, 0.1) is 4.90 Å². The van der Waals surface area contributed by atoms with Crippen LogP contribution in [-0.4, -0.2) is 37.5 Å². The van der Waals surface area contributed by atoms with Crippen molar-refractivity contribution in [1.82, 2.24) is 4.31 Å².